The Morgan fingerprint density at radius 3 is 2.20 bits per heavy atom. The van der Waals surface area contributed by atoms with Gasteiger partial charge in [-0.05, 0) is 12.8 Å². The fourth-order valence-electron chi connectivity index (χ4n) is 1.26. The molecular weight excluding hydrogens is 196 g/mol. The Hall–Kier alpha value is -1.10. The van der Waals surface area contributed by atoms with Crippen LogP contribution in [-0.2, 0) is 9.59 Å². The van der Waals surface area contributed by atoms with E-state index < -0.39 is 5.97 Å². The van der Waals surface area contributed by atoms with Gasteiger partial charge in [0.25, 0.3) is 0 Å². The fraction of sp³-hybridized carbons (Fsp3) is 0.800. The van der Waals surface area contributed by atoms with Gasteiger partial charge in [0.05, 0.1) is 0 Å². The van der Waals surface area contributed by atoms with Crippen molar-refractivity contribution in [3.63, 3.8) is 0 Å². The highest BCUT2D eigenvalue weighted by Crippen LogP contribution is 2.02. The van der Waals surface area contributed by atoms with Gasteiger partial charge in [-0.2, -0.15) is 0 Å². The van der Waals surface area contributed by atoms with E-state index in [9.17, 15) is 9.59 Å². The predicted octanol–water partition coefficient (Wildman–Crippen LogP) is 0.293. The smallest absolute Gasteiger partial charge is 0.323 e. The van der Waals surface area contributed by atoms with Gasteiger partial charge in [0.2, 0.25) is 5.91 Å². The minimum atomic E-state index is -0.992. The second kappa shape index (κ2) is 6.40. The number of nitrogens with two attached hydrogens (primary N) is 1. The highest BCUT2D eigenvalue weighted by molar-refractivity contribution is 5.81. The Bertz CT molecular complexity index is 227. The van der Waals surface area contributed by atoms with Crippen LogP contribution in [0, 0.1) is 5.92 Å². The summed E-state index contributed by atoms with van der Waals surface area (Å²) in [7, 11) is 0. The Kier molecular flexibility index (Phi) is 5.93. The van der Waals surface area contributed by atoms with Gasteiger partial charge in [-0.15, -0.1) is 0 Å². The van der Waals surface area contributed by atoms with Crippen molar-refractivity contribution in [3.8, 4) is 0 Å². The van der Waals surface area contributed by atoms with Crippen molar-refractivity contribution in [3.05, 3.63) is 0 Å². The molecule has 3 N–H and O–H groups in total. The topological polar surface area (TPSA) is 83.6 Å². The molecule has 0 aliphatic heterocycles. The van der Waals surface area contributed by atoms with Gasteiger partial charge in [-0.25, -0.2) is 0 Å². The molecule has 0 aliphatic rings. The lowest BCUT2D eigenvalue weighted by atomic mass is 10.1. The van der Waals surface area contributed by atoms with Crippen molar-refractivity contribution in [2.45, 2.75) is 33.2 Å². The molecule has 0 saturated heterocycles. The molecule has 0 spiro atoms. The third-order valence-corrected chi connectivity index (χ3v) is 1.76. The molecule has 0 radical (unpaired) electrons. The number of aliphatic carboxylic acids is 1. The van der Waals surface area contributed by atoms with Crippen LogP contribution in [-0.4, -0.2) is 41.0 Å². The standard InChI is InChI=1S/C10H20N2O3/c1-7(2)5-12(6-10(14)15)9(13)4-8(3)11/h7-8H,4-6,11H2,1-3H3,(H,14,15). The summed E-state index contributed by atoms with van der Waals surface area (Å²) in [6, 6.07) is -0.235. The van der Waals surface area contributed by atoms with Gasteiger partial charge >= 0.3 is 5.97 Å². The number of nitrogens with zero attached hydrogens (tertiary/aromatic N) is 1. The van der Waals surface area contributed by atoms with E-state index in [1.165, 1.54) is 4.90 Å². The Balaban J connectivity index is 4.33. The number of amides is 1. The molecule has 1 unspecified atom stereocenters. The quantitative estimate of drug-likeness (QED) is 0.668. The largest absolute Gasteiger partial charge is 0.480 e. The molecule has 0 aromatic heterocycles. The maximum absolute atomic E-state index is 11.6. The van der Waals surface area contributed by atoms with Crippen LogP contribution in [0.3, 0.4) is 0 Å². The molecule has 0 saturated carbocycles. The molecule has 0 heterocycles. The van der Waals surface area contributed by atoms with Crippen LogP contribution in [0.15, 0.2) is 0 Å². The van der Waals surface area contributed by atoms with E-state index in [0.717, 1.165) is 0 Å². The monoisotopic (exact) mass is 216 g/mol. The minimum absolute atomic E-state index is 0.193. The number of carboxylic acids is 1. The first kappa shape index (κ1) is 13.9. The summed E-state index contributed by atoms with van der Waals surface area (Å²) in [6.07, 6.45) is 0.194. The van der Waals surface area contributed by atoms with E-state index in [4.69, 9.17) is 10.8 Å². The van der Waals surface area contributed by atoms with Crippen molar-refractivity contribution in [2.24, 2.45) is 11.7 Å². The van der Waals surface area contributed by atoms with Crippen molar-refractivity contribution >= 4 is 11.9 Å². The van der Waals surface area contributed by atoms with E-state index >= 15 is 0 Å². The Morgan fingerprint density at radius 1 is 1.33 bits per heavy atom. The SMILES string of the molecule is CC(C)CN(CC(=O)O)C(=O)CC(C)N. The van der Waals surface area contributed by atoms with Gasteiger partial charge in [0.15, 0.2) is 0 Å². The summed E-state index contributed by atoms with van der Waals surface area (Å²) in [6.45, 7) is 5.82. The highest BCUT2D eigenvalue weighted by Gasteiger charge is 2.18. The van der Waals surface area contributed by atoms with Crippen LogP contribution < -0.4 is 5.73 Å². The fourth-order valence-corrected chi connectivity index (χ4v) is 1.26. The van der Waals surface area contributed by atoms with Crippen LogP contribution in [0.5, 0.6) is 0 Å². The van der Waals surface area contributed by atoms with Crippen molar-refractivity contribution < 1.29 is 14.7 Å². The molecule has 1 amide bonds. The second-order valence-corrected chi connectivity index (χ2v) is 4.24. The maximum Gasteiger partial charge on any atom is 0.323 e. The van der Waals surface area contributed by atoms with Crippen LogP contribution in [0.4, 0.5) is 0 Å². The molecule has 1 atom stereocenters. The molecule has 15 heavy (non-hydrogen) atoms. The van der Waals surface area contributed by atoms with E-state index in [-0.39, 0.29) is 30.8 Å². The lowest BCUT2D eigenvalue weighted by molar-refractivity contribution is -0.144. The molecular formula is C10H20N2O3. The maximum atomic E-state index is 11.6. The molecule has 5 heteroatoms. The van der Waals surface area contributed by atoms with Crippen molar-refractivity contribution in [1.82, 2.24) is 4.90 Å². The first-order valence-corrected chi connectivity index (χ1v) is 5.08. The molecule has 5 nitrogen and oxygen atoms in total. The summed E-state index contributed by atoms with van der Waals surface area (Å²) in [5.41, 5.74) is 5.50. The van der Waals surface area contributed by atoms with E-state index in [0.29, 0.717) is 6.54 Å². The third-order valence-electron chi connectivity index (χ3n) is 1.76. The first-order valence-electron chi connectivity index (χ1n) is 5.08. The zero-order valence-electron chi connectivity index (χ0n) is 9.56. The summed E-state index contributed by atoms with van der Waals surface area (Å²) < 4.78 is 0. The Morgan fingerprint density at radius 2 is 1.87 bits per heavy atom. The second-order valence-electron chi connectivity index (χ2n) is 4.24. The number of rotatable bonds is 6. The van der Waals surface area contributed by atoms with E-state index in [1.807, 2.05) is 13.8 Å². The van der Waals surface area contributed by atoms with Crippen LogP contribution in [0.2, 0.25) is 0 Å². The average molecular weight is 216 g/mol. The van der Waals surface area contributed by atoms with E-state index in [2.05, 4.69) is 0 Å². The van der Waals surface area contributed by atoms with Crippen LogP contribution in [0.1, 0.15) is 27.2 Å². The van der Waals surface area contributed by atoms with Gasteiger partial charge in [0, 0.05) is 19.0 Å². The number of hydrogen-bond donors (Lipinski definition) is 2. The third kappa shape index (κ3) is 6.90. The molecule has 0 rings (SSSR count). The zero-order valence-corrected chi connectivity index (χ0v) is 9.56. The number of carbonyl (C=O) groups excluding carboxylic acids is 1. The minimum Gasteiger partial charge on any atom is -0.480 e. The van der Waals surface area contributed by atoms with Gasteiger partial charge < -0.3 is 15.7 Å². The summed E-state index contributed by atoms with van der Waals surface area (Å²) in [5, 5.41) is 8.65. The molecule has 0 aromatic carbocycles. The van der Waals surface area contributed by atoms with E-state index in [1.54, 1.807) is 6.92 Å². The molecule has 0 bridgehead atoms. The zero-order chi connectivity index (χ0) is 12.0. The lowest BCUT2D eigenvalue weighted by Gasteiger charge is -2.23. The molecule has 88 valence electrons. The van der Waals surface area contributed by atoms with Crippen LogP contribution in [0.25, 0.3) is 0 Å². The van der Waals surface area contributed by atoms with Gasteiger partial charge in [0.1, 0.15) is 6.54 Å². The highest BCUT2D eigenvalue weighted by atomic mass is 16.4. The normalized spacial score (nSPS) is 12.6. The molecule has 0 aromatic rings. The molecule has 0 aliphatic carbocycles. The number of carbonyl (C=O) groups is 2. The predicted molar refractivity (Wildman–Crippen MR) is 57.3 cm³/mol. The first-order chi connectivity index (χ1) is 6.82. The summed E-state index contributed by atoms with van der Waals surface area (Å²) in [4.78, 5) is 23.5. The lowest BCUT2D eigenvalue weighted by Crippen LogP contribution is -2.40. The van der Waals surface area contributed by atoms with Gasteiger partial charge in [-0.1, -0.05) is 13.8 Å². The van der Waals surface area contributed by atoms with Crippen LogP contribution >= 0.6 is 0 Å². The average Bonchev–Trinajstić information content (AvgIpc) is 1.99. The van der Waals surface area contributed by atoms with Gasteiger partial charge in [-0.3, -0.25) is 9.59 Å². The number of hydrogen-bond acceptors (Lipinski definition) is 3. The van der Waals surface area contributed by atoms with Crippen molar-refractivity contribution in [2.75, 3.05) is 13.1 Å². The van der Waals surface area contributed by atoms with Crippen molar-refractivity contribution in [1.29, 1.82) is 0 Å². The number of carboxylic acid groups (broad SMARTS) is 1. The molecule has 0 fully saturated rings. The summed E-state index contributed by atoms with van der Waals surface area (Å²) in [5.74, 6) is -0.934. The summed E-state index contributed by atoms with van der Waals surface area (Å²) >= 11 is 0. The Labute approximate surface area is 90.2 Å².